The first kappa shape index (κ1) is 30.9. The second kappa shape index (κ2) is 12.0. The average Bonchev–Trinajstić information content (AvgIpc) is 3.94. The number of benzene rings is 9. The van der Waals surface area contributed by atoms with Gasteiger partial charge in [0.15, 0.2) is 0 Å². The van der Waals surface area contributed by atoms with E-state index >= 15 is 0 Å². The maximum absolute atomic E-state index is 6.67. The number of anilines is 3. The minimum absolute atomic E-state index is 0.855. The summed E-state index contributed by atoms with van der Waals surface area (Å²) >= 11 is 0. The molecule has 0 amide bonds. The summed E-state index contributed by atoms with van der Waals surface area (Å²) in [6.07, 6.45) is 0. The molecule has 0 fully saturated rings. The third-order valence-electron chi connectivity index (χ3n) is 11.4. The van der Waals surface area contributed by atoms with Gasteiger partial charge in [0.2, 0.25) is 0 Å². The Morgan fingerprint density at radius 2 is 1.07 bits per heavy atom. The van der Waals surface area contributed by atoms with Gasteiger partial charge in [-0.2, -0.15) is 0 Å². The fourth-order valence-electron chi connectivity index (χ4n) is 8.81. The molecular weight excluding hydrogens is 685 g/mol. The first-order chi connectivity index (χ1) is 27.8. The molecule has 0 saturated heterocycles. The van der Waals surface area contributed by atoms with E-state index in [1.54, 1.807) is 0 Å². The Hall–Kier alpha value is -7.56. The van der Waals surface area contributed by atoms with E-state index < -0.39 is 0 Å². The number of hydrogen-bond acceptors (Lipinski definition) is 3. The minimum atomic E-state index is 0.855. The number of hydrogen-bond donors (Lipinski definition) is 0. The molecule has 9 aromatic carbocycles. The Kier molecular flexibility index (Phi) is 6.60. The van der Waals surface area contributed by atoms with Crippen LogP contribution in [0.2, 0.25) is 0 Å². The zero-order valence-electron chi connectivity index (χ0n) is 30.2. The highest BCUT2D eigenvalue weighted by Gasteiger charge is 2.22. The predicted octanol–water partition coefficient (Wildman–Crippen LogP) is 14.9. The van der Waals surface area contributed by atoms with Crippen molar-refractivity contribution < 1.29 is 8.83 Å². The molecule has 0 aliphatic rings. The molecule has 4 nitrogen and oxygen atoms in total. The van der Waals surface area contributed by atoms with Gasteiger partial charge in [-0.25, -0.2) is 0 Å². The average molecular weight is 717 g/mol. The van der Waals surface area contributed by atoms with Crippen LogP contribution < -0.4 is 4.90 Å². The molecule has 0 N–H and O–H groups in total. The number of para-hydroxylation sites is 3. The molecule has 4 heteroatoms. The number of nitrogens with zero attached hydrogens (tertiary/aromatic N) is 2. The Morgan fingerprint density at radius 1 is 0.375 bits per heavy atom. The summed E-state index contributed by atoms with van der Waals surface area (Å²) in [4.78, 5) is 2.36. The fourth-order valence-corrected chi connectivity index (χ4v) is 8.81. The molecule has 12 rings (SSSR count). The van der Waals surface area contributed by atoms with E-state index in [2.05, 4.69) is 191 Å². The Bertz CT molecular complexity index is 3480. The highest BCUT2D eigenvalue weighted by Crippen LogP contribution is 2.46. The topological polar surface area (TPSA) is 34.5 Å². The lowest BCUT2D eigenvalue weighted by molar-refractivity contribution is 0.669. The maximum atomic E-state index is 6.67. The Labute approximate surface area is 321 Å². The second-order valence-corrected chi connectivity index (χ2v) is 14.5. The molecule has 0 spiro atoms. The van der Waals surface area contributed by atoms with Crippen LogP contribution in [0.25, 0.3) is 93.3 Å². The molecule has 0 aliphatic carbocycles. The van der Waals surface area contributed by atoms with Crippen LogP contribution in [-0.2, 0) is 0 Å². The highest BCUT2D eigenvalue weighted by atomic mass is 16.3. The molecule has 0 bridgehead atoms. The van der Waals surface area contributed by atoms with Crippen molar-refractivity contribution in [2.45, 2.75) is 0 Å². The summed E-state index contributed by atoms with van der Waals surface area (Å²) in [5, 5.41) is 9.10. The second-order valence-electron chi connectivity index (χ2n) is 14.5. The van der Waals surface area contributed by atoms with Crippen LogP contribution in [0.4, 0.5) is 17.1 Å². The van der Waals surface area contributed by atoms with Crippen molar-refractivity contribution in [2.75, 3.05) is 4.90 Å². The van der Waals surface area contributed by atoms with Gasteiger partial charge < -0.3 is 18.3 Å². The number of fused-ring (bicyclic) bond motifs is 11. The monoisotopic (exact) mass is 716 g/mol. The molecule has 0 unspecified atom stereocenters. The summed E-state index contributed by atoms with van der Waals surface area (Å²) < 4.78 is 15.3. The van der Waals surface area contributed by atoms with Gasteiger partial charge in [-0.1, -0.05) is 109 Å². The van der Waals surface area contributed by atoms with Gasteiger partial charge in [0.25, 0.3) is 0 Å². The molecule has 0 aliphatic heterocycles. The van der Waals surface area contributed by atoms with Crippen molar-refractivity contribution in [2.24, 2.45) is 0 Å². The van der Waals surface area contributed by atoms with Gasteiger partial charge in [0.05, 0.1) is 22.1 Å². The standard InChI is InChI=1S/C52H32N2O2/c1-2-12-36(13-3-1)54-45-17-8-6-15-40(45)43-31-35(24-29-46(43)54)33-21-25-37(26-22-33)53(38-27-30-49-44(32-38)41-16-7-9-19-48(41)55-49)47-18-10-20-50-51(47)42-28-23-34-11-4-5-14-39(34)52(42)56-50/h1-32H. The van der Waals surface area contributed by atoms with Gasteiger partial charge in [0, 0.05) is 49.4 Å². The Balaban J connectivity index is 1.04. The van der Waals surface area contributed by atoms with Crippen molar-refractivity contribution >= 4 is 93.5 Å². The van der Waals surface area contributed by atoms with Crippen molar-refractivity contribution in [1.82, 2.24) is 4.57 Å². The lowest BCUT2D eigenvalue weighted by Gasteiger charge is -2.26. The minimum Gasteiger partial charge on any atom is -0.456 e. The van der Waals surface area contributed by atoms with E-state index in [1.165, 1.54) is 27.4 Å². The summed E-state index contributed by atoms with van der Waals surface area (Å²) in [6.45, 7) is 0. The number of aromatic nitrogens is 1. The smallest absolute Gasteiger partial charge is 0.143 e. The van der Waals surface area contributed by atoms with Crippen molar-refractivity contribution in [1.29, 1.82) is 0 Å². The molecule has 262 valence electrons. The van der Waals surface area contributed by atoms with Crippen LogP contribution >= 0.6 is 0 Å². The Morgan fingerprint density at radius 3 is 1.96 bits per heavy atom. The van der Waals surface area contributed by atoms with E-state index in [4.69, 9.17) is 8.83 Å². The lowest BCUT2D eigenvalue weighted by Crippen LogP contribution is -2.10. The van der Waals surface area contributed by atoms with E-state index in [1.807, 2.05) is 12.1 Å². The van der Waals surface area contributed by atoms with Crippen LogP contribution in [0.3, 0.4) is 0 Å². The van der Waals surface area contributed by atoms with Gasteiger partial charge in [0.1, 0.15) is 22.3 Å². The fraction of sp³-hybridized carbons (Fsp3) is 0. The van der Waals surface area contributed by atoms with Gasteiger partial charge >= 0.3 is 0 Å². The molecule has 3 aromatic heterocycles. The van der Waals surface area contributed by atoms with Crippen LogP contribution in [0, 0.1) is 0 Å². The van der Waals surface area contributed by atoms with Crippen LogP contribution in [-0.4, -0.2) is 4.57 Å². The first-order valence-corrected chi connectivity index (χ1v) is 19.0. The third kappa shape index (κ3) is 4.60. The predicted molar refractivity (Wildman–Crippen MR) is 233 cm³/mol. The lowest BCUT2D eigenvalue weighted by atomic mass is 10.0. The normalized spacial score (nSPS) is 11.9. The maximum Gasteiger partial charge on any atom is 0.143 e. The molecule has 3 heterocycles. The van der Waals surface area contributed by atoms with Crippen molar-refractivity contribution in [3.63, 3.8) is 0 Å². The van der Waals surface area contributed by atoms with Crippen LogP contribution in [0.1, 0.15) is 0 Å². The molecule has 0 atom stereocenters. The number of furan rings is 2. The SMILES string of the molecule is c1ccc(-n2c3ccccc3c3cc(-c4ccc(N(c5ccc6oc7ccccc7c6c5)c5cccc6oc7c8ccccc8ccc7c56)cc4)ccc32)cc1. The van der Waals surface area contributed by atoms with Crippen LogP contribution in [0.15, 0.2) is 203 Å². The van der Waals surface area contributed by atoms with E-state index in [0.717, 1.165) is 83.0 Å². The highest BCUT2D eigenvalue weighted by molar-refractivity contribution is 6.20. The summed E-state index contributed by atoms with van der Waals surface area (Å²) in [5.41, 5.74) is 12.5. The zero-order chi connectivity index (χ0) is 36.7. The van der Waals surface area contributed by atoms with Gasteiger partial charge in [-0.05, 0) is 101 Å². The molecule has 0 saturated carbocycles. The molecule has 56 heavy (non-hydrogen) atoms. The third-order valence-corrected chi connectivity index (χ3v) is 11.4. The van der Waals surface area contributed by atoms with Crippen LogP contribution in [0.5, 0.6) is 0 Å². The van der Waals surface area contributed by atoms with E-state index in [9.17, 15) is 0 Å². The van der Waals surface area contributed by atoms with Gasteiger partial charge in [-0.15, -0.1) is 0 Å². The van der Waals surface area contributed by atoms with Crippen molar-refractivity contribution in [3.8, 4) is 16.8 Å². The summed E-state index contributed by atoms with van der Waals surface area (Å²) in [5.74, 6) is 0. The first-order valence-electron chi connectivity index (χ1n) is 19.0. The number of rotatable bonds is 5. The zero-order valence-corrected chi connectivity index (χ0v) is 30.2. The van der Waals surface area contributed by atoms with E-state index in [0.29, 0.717) is 0 Å². The summed E-state index contributed by atoms with van der Waals surface area (Å²) in [6, 6.07) is 69.1. The van der Waals surface area contributed by atoms with E-state index in [-0.39, 0.29) is 0 Å². The molecular formula is C52H32N2O2. The largest absolute Gasteiger partial charge is 0.456 e. The molecule has 12 aromatic rings. The quantitative estimate of drug-likeness (QED) is 0.178. The molecule has 0 radical (unpaired) electrons. The van der Waals surface area contributed by atoms with Crippen molar-refractivity contribution in [3.05, 3.63) is 194 Å². The van der Waals surface area contributed by atoms with Gasteiger partial charge in [-0.3, -0.25) is 0 Å². The summed E-state index contributed by atoms with van der Waals surface area (Å²) in [7, 11) is 0.